The number of carbonyl (C=O) groups is 2. The number of hydrogen-bond acceptors (Lipinski definition) is 4. The summed E-state index contributed by atoms with van der Waals surface area (Å²) in [6.45, 7) is 0.0661. The lowest BCUT2D eigenvalue weighted by atomic mass is 10.1. The number of amides is 2. The predicted octanol–water partition coefficient (Wildman–Crippen LogP) is 3.47. The zero-order valence-corrected chi connectivity index (χ0v) is 15.6. The van der Waals surface area contributed by atoms with Gasteiger partial charge in [-0.15, -0.1) is 0 Å². The molecule has 0 bridgehead atoms. The van der Waals surface area contributed by atoms with Crippen LogP contribution in [0, 0.1) is 5.82 Å². The molecule has 0 radical (unpaired) electrons. The van der Waals surface area contributed by atoms with E-state index in [2.05, 4.69) is 10.4 Å². The van der Waals surface area contributed by atoms with E-state index in [0.717, 1.165) is 22.4 Å². The van der Waals surface area contributed by atoms with Crippen molar-refractivity contribution in [3.05, 3.63) is 77.7 Å². The predicted molar refractivity (Wildman–Crippen MR) is 107 cm³/mol. The maximum absolute atomic E-state index is 13.2. The maximum Gasteiger partial charge on any atom is 0.404 e. The first kappa shape index (κ1) is 19.8. The van der Waals surface area contributed by atoms with Gasteiger partial charge in [0.1, 0.15) is 12.4 Å². The van der Waals surface area contributed by atoms with Crippen molar-refractivity contribution in [2.24, 2.45) is 12.8 Å². The van der Waals surface area contributed by atoms with E-state index >= 15 is 0 Å². The Hall–Kier alpha value is -3.94. The van der Waals surface area contributed by atoms with Crippen molar-refractivity contribution < 1.29 is 18.7 Å². The fourth-order valence-electron chi connectivity index (χ4n) is 2.73. The second-order valence-corrected chi connectivity index (χ2v) is 6.21. The van der Waals surface area contributed by atoms with Gasteiger partial charge >= 0.3 is 6.09 Å². The molecule has 3 aromatic rings. The number of nitrogens with one attached hydrogen (secondary N) is 1. The molecule has 3 rings (SSSR count). The molecule has 0 aliphatic heterocycles. The Labute approximate surface area is 166 Å². The second-order valence-electron chi connectivity index (χ2n) is 6.21. The van der Waals surface area contributed by atoms with Crippen molar-refractivity contribution in [3.8, 4) is 11.3 Å². The summed E-state index contributed by atoms with van der Waals surface area (Å²) in [5, 5.41) is 6.95. The van der Waals surface area contributed by atoms with Gasteiger partial charge < -0.3 is 15.8 Å². The van der Waals surface area contributed by atoms with Gasteiger partial charge in [0.15, 0.2) is 0 Å². The molecule has 0 atom stereocenters. The van der Waals surface area contributed by atoms with E-state index < -0.39 is 6.09 Å². The molecule has 0 saturated heterocycles. The summed E-state index contributed by atoms with van der Waals surface area (Å²) in [6.07, 6.45) is 3.84. The van der Waals surface area contributed by atoms with Crippen LogP contribution in [0.25, 0.3) is 17.3 Å². The van der Waals surface area contributed by atoms with Gasteiger partial charge in [-0.25, -0.2) is 9.18 Å². The number of rotatable bonds is 6. The van der Waals surface area contributed by atoms with Crippen LogP contribution in [0.2, 0.25) is 0 Å². The monoisotopic (exact) mass is 394 g/mol. The lowest BCUT2D eigenvalue weighted by molar-refractivity contribution is -0.111. The fraction of sp³-hybridized carbons (Fsp3) is 0.0952. The SMILES string of the molecule is Cn1ncc(C=CC(=O)Nc2ccc(COC(N)=O)cc2)c1-c1ccc(F)cc1. The normalized spacial score (nSPS) is 10.8. The highest BCUT2D eigenvalue weighted by atomic mass is 19.1. The second kappa shape index (κ2) is 8.83. The Morgan fingerprint density at radius 1 is 1.17 bits per heavy atom. The molecule has 1 aromatic heterocycles. The Morgan fingerprint density at radius 3 is 2.52 bits per heavy atom. The van der Waals surface area contributed by atoms with Crippen LogP contribution in [0.3, 0.4) is 0 Å². The Kier molecular flexibility index (Phi) is 6.03. The molecule has 0 saturated carbocycles. The molecule has 148 valence electrons. The number of aromatic nitrogens is 2. The van der Waals surface area contributed by atoms with Crippen molar-refractivity contribution in [3.63, 3.8) is 0 Å². The first-order chi connectivity index (χ1) is 13.9. The van der Waals surface area contributed by atoms with E-state index in [1.165, 1.54) is 18.2 Å². The maximum atomic E-state index is 13.2. The van der Waals surface area contributed by atoms with Gasteiger partial charge in [-0.1, -0.05) is 12.1 Å². The summed E-state index contributed by atoms with van der Waals surface area (Å²) in [4.78, 5) is 22.8. The number of halogens is 1. The minimum atomic E-state index is -0.845. The van der Waals surface area contributed by atoms with Gasteiger partial charge in [0.2, 0.25) is 5.91 Å². The number of primary amides is 1. The molecule has 0 aliphatic carbocycles. The third-order valence-electron chi connectivity index (χ3n) is 4.10. The average molecular weight is 394 g/mol. The van der Waals surface area contributed by atoms with Crippen molar-refractivity contribution in [1.82, 2.24) is 9.78 Å². The standard InChI is InChI=1S/C21H19FN4O3/c1-26-20(15-4-7-17(22)8-5-15)16(12-24-26)6-11-19(27)25-18-9-2-14(3-10-18)13-29-21(23)28/h2-12H,13H2,1H3,(H2,23,28)(H,25,27). The molecule has 7 nitrogen and oxygen atoms in total. The first-order valence-corrected chi connectivity index (χ1v) is 8.70. The van der Waals surface area contributed by atoms with Gasteiger partial charge in [0.25, 0.3) is 0 Å². The summed E-state index contributed by atoms with van der Waals surface area (Å²) in [7, 11) is 1.78. The molecule has 3 N–H and O–H groups in total. The van der Waals surface area contributed by atoms with E-state index in [4.69, 9.17) is 10.5 Å². The van der Waals surface area contributed by atoms with Gasteiger partial charge in [0, 0.05) is 29.9 Å². The molecular formula is C21H19FN4O3. The topological polar surface area (TPSA) is 99.2 Å². The molecule has 8 heteroatoms. The van der Waals surface area contributed by atoms with Gasteiger partial charge in [-0.05, 0) is 48.0 Å². The summed E-state index contributed by atoms with van der Waals surface area (Å²) in [5.74, 6) is -0.639. The quantitative estimate of drug-likeness (QED) is 0.625. The van der Waals surface area contributed by atoms with E-state index in [0.29, 0.717) is 5.69 Å². The summed E-state index contributed by atoms with van der Waals surface area (Å²) in [5.41, 5.74) is 8.55. The lowest BCUT2D eigenvalue weighted by Crippen LogP contribution is -2.12. The van der Waals surface area contributed by atoms with Gasteiger partial charge in [-0.3, -0.25) is 9.48 Å². The molecule has 0 spiro atoms. The van der Waals surface area contributed by atoms with Crippen LogP contribution in [0.4, 0.5) is 14.9 Å². The van der Waals surface area contributed by atoms with Crippen LogP contribution in [0.15, 0.2) is 60.8 Å². The number of nitrogens with two attached hydrogens (primary N) is 1. The number of anilines is 1. The highest BCUT2D eigenvalue weighted by Crippen LogP contribution is 2.24. The molecule has 29 heavy (non-hydrogen) atoms. The zero-order valence-electron chi connectivity index (χ0n) is 15.6. The van der Waals surface area contributed by atoms with Crippen LogP contribution in [-0.2, 0) is 23.2 Å². The Morgan fingerprint density at radius 2 is 1.86 bits per heavy atom. The molecular weight excluding hydrogens is 375 g/mol. The number of aryl methyl sites for hydroxylation is 1. The molecule has 0 fully saturated rings. The highest BCUT2D eigenvalue weighted by molar-refractivity contribution is 6.02. The van der Waals surface area contributed by atoms with Gasteiger partial charge in [-0.2, -0.15) is 5.10 Å². The minimum absolute atomic E-state index is 0.0661. The van der Waals surface area contributed by atoms with Crippen LogP contribution in [-0.4, -0.2) is 21.8 Å². The number of carbonyl (C=O) groups excluding carboxylic acids is 2. The fourth-order valence-corrected chi connectivity index (χ4v) is 2.73. The van der Waals surface area contributed by atoms with Crippen LogP contribution < -0.4 is 11.1 Å². The highest BCUT2D eigenvalue weighted by Gasteiger charge is 2.09. The van der Waals surface area contributed by atoms with Crippen LogP contribution in [0.5, 0.6) is 0 Å². The van der Waals surface area contributed by atoms with Crippen LogP contribution in [0.1, 0.15) is 11.1 Å². The zero-order chi connectivity index (χ0) is 20.8. The summed E-state index contributed by atoms with van der Waals surface area (Å²) >= 11 is 0. The average Bonchev–Trinajstić information content (AvgIpc) is 3.07. The number of nitrogens with zero attached hydrogens (tertiary/aromatic N) is 2. The minimum Gasteiger partial charge on any atom is -0.445 e. The van der Waals surface area contributed by atoms with Crippen molar-refractivity contribution in [2.75, 3.05) is 5.32 Å². The van der Waals surface area contributed by atoms with E-state index in [1.54, 1.807) is 60.4 Å². The number of ether oxygens (including phenoxy) is 1. The molecule has 0 aliphatic rings. The van der Waals surface area contributed by atoms with E-state index in [9.17, 15) is 14.0 Å². The largest absolute Gasteiger partial charge is 0.445 e. The van der Waals surface area contributed by atoms with Crippen LogP contribution >= 0.6 is 0 Å². The van der Waals surface area contributed by atoms with Crippen molar-refractivity contribution >= 4 is 23.8 Å². The molecule has 2 amide bonds. The Bertz CT molecular complexity index is 1040. The molecule has 2 aromatic carbocycles. The van der Waals surface area contributed by atoms with Gasteiger partial charge in [0.05, 0.1) is 11.9 Å². The summed E-state index contributed by atoms with van der Waals surface area (Å²) in [6, 6.07) is 12.9. The lowest BCUT2D eigenvalue weighted by Gasteiger charge is -2.05. The first-order valence-electron chi connectivity index (χ1n) is 8.70. The number of benzene rings is 2. The smallest absolute Gasteiger partial charge is 0.404 e. The summed E-state index contributed by atoms with van der Waals surface area (Å²) < 4.78 is 19.5. The molecule has 0 unspecified atom stereocenters. The number of hydrogen-bond donors (Lipinski definition) is 2. The third kappa shape index (κ3) is 5.29. The van der Waals surface area contributed by atoms with Crippen molar-refractivity contribution in [1.29, 1.82) is 0 Å². The third-order valence-corrected chi connectivity index (χ3v) is 4.10. The Balaban J connectivity index is 1.67. The molecule has 1 heterocycles. The van der Waals surface area contributed by atoms with E-state index in [1.807, 2.05) is 0 Å². The van der Waals surface area contributed by atoms with Crippen molar-refractivity contribution in [2.45, 2.75) is 6.61 Å². The van der Waals surface area contributed by atoms with E-state index in [-0.39, 0.29) is 18.3 Å².